The number of carboxylic acids is 1. The van der Waals surface area contributed by atoms with Gasteiger partial charge in [0, 0.05) is 6.54 Å². The molecule has 5 heteroatoms. The highest BCUT2D eigenvalue weighted by atomic mass is 16.6. The molecule has 0 heterocycles. The summed E-state index contributed by atoms with van der Waals surface area (Å²) in [7, 11) is 0. The number of carbonyl (C=O) groups excluding carboxylic acids is 1. The van der Waals surface area contributed by atoms with Gasteiger partial charge in [0.05, 0.1) is 0 Å². The highest BCUT2D eigenvalue weighted by Crippen LogP contribution is 2.17. The molecule has 1 unspecified atom stereocenters. The first-order chi connectivity index (χ1) is 8.58. The molecule has 0 aromatic heterocycles. The smallest absolute Gasteiger partial charge is 0.411 e. The summed E-state index contributed by atoms with van der Waals surface area (Å²) >= 11 is 0. The number of carboxylic acid groups (broad SMARTS) is 1. The van der Waals surface area contributed by atoms with E-state index in [0.717, 1.165) is 0 Å². The van der Waals surface area contributed by atoms with Crippen LogP contribution >= 0.6 is 0 Å². The summed E-state index contributed by atoms with van der Waals surface area (Å²) in [4.78, 5) is 24.8. The van der Waals surface area contributed by atoms with E-state index in [9.17, 15) is 14.7 Å². The zero-order valence-corrected chi connectivity index (χ0v) is 12.9. The molecule has 0 aliphatic carbocycles. The summed E-state index contributed by atoms with van der Waals surface area (Å²) in [6.45, 7) is 11.5. The van der Waals surface area contributed by atoms with Gasteiger partial charge in [-0.25, -0.2) is 9.59 Å². The summed E-state index contributed by atoms with van der Waals surface area (Å²) in [5.74, 6) is -0.782. The number of hydrogen-bond donors (Lipinski definition) is 1. The van der Waals surface area contributed by atoms with Crippen LogP contribution in [-0.4, -0.2) is 40.3 Å². The van der Waals surface area contributed by atoms with Gasteiger partial charge in [-0.1, -0.05) is 20.8 Å². The van der Waals surface area contributed by atoms with Gasteiger partial charge in [0.15, 0.2) is 0 Å². The zero-order chi connectivity index (χ0) is 15.2. The van der Waals surface area contributed by atoms with Crippen molar-refractivity contribution >= 4 is 12.1 Å². The van der Waals surface area contributed by atoms with Crippen molar-refractivity contribution in [3.05, 3.63) is 0 Å². The van der Waals surface area contributed by atoms with E-state index in [0.29, 0.717) is 19.4 Å². The quantitative estimate of drug-likeness (QED) is 0.807. The summed E-state index contributed by atoms with van der Waals surface area (Å²) < 4.78 is 5.29. The molecule has 1 amide bonds. The lowest BCUT2D eigenvalue weighted by atomic mass is 10.0. The Labute approximate surface area is 115 Å². The highest BCUT2D eigenvalue weighted by molar-refractivity contribution is 5.80. The van der Waals surface area contributed by atoms with Crippen LogP contribution in [0.15, 0.2) is 0 Å². The molecule has 0 bridgehead atoms. The second-order valence-corrected chi connectivity index (χ2v) is 6.16. The normalized spacial score (nSPS) is 13.2. The van der Waals surface area contributed by atoms with E-state index in [-0.39, 0.29) is 5.92 Å². The fourth-order valence-electron chi connectivity index (χ4n) is 1.74. The first-order valence-electron chi connectivity index (χ1n) is 6.81. The molecule has 0 rings (SSSR count). The third-order valence-electron chi connectivity index (χ3n) is 2.45. The van der Waals surface area contributed by atoms with E-state index in [1.807, 2.05) is 20.8 Å². The lowest BCUT2D eigenvalue weighted by Gasteiger charge is -2.32. The maximum absolute atomic E-state index is 12.1. The third kappa shape index (κ3) is 7.03. The second-order valence-electron chi connectivity index (χ2n) is 6.16. The van der Waals surface area contributed by atoms with Crippen LogP contribution in [0.1, 0.15) is 54.4 Å². The lowest BCUT2D eigenvalue weighted by molar-refractivity contribution is -0.143. The molecule has 0 aromatic carbocycles. The van der Waals surface area contributed by atoms with Crippen molar-refractivity contribution in [2.75, 3.05) is 6.54 Å². The molecule has 112 valence electrons. The van der Waals surface area contributed by atoms with E-state index in [4.69, 9.17) is 4.74 Å². The van der Waals surface area contributed by atoms with Gasteiger partial charge in [0.25, 0.3) is 0 Å². The van der Waals surface area contributed by atoms with Gasteiger partial charge in [-0.2, -0.15) is 0 Å². The van der Waals surface area contributed by atoms with E-state index < -0.39 is 23.7 Å². The standard InChI is InChI=1S/C14H27NO4/c1-7-8-15(13(18)19-14(4,5)6)11(12(16)17)9-10(2)3/h10-11H,7-9H2,1-6H3,(H,16,17). The van der Waals surface area contributed by atoms with Crippen molar-refractivity contribution < 1.29 is 19.4 Å². The fourth-order valence-corrected chi connectivity index (χ4v) is 1.74. The van der Waals surface area contributed by atoms with Crippen molar-refractivity contribution in [2.45, 2.75) is 66.0 Å². The first kappa shape index (κ1) is 17.7. The number of carbonyl (C=O) groups is 2. The lowest BCUT2D eigenvalue weighted by Crippen LogP contribution is -2.48. The maximum atomic E-state index is 12.1. The van der Waals surface area contributed by atoms with Gasteiger partial charge in [-0.15, -0.1) is 0 Å². The molecule has 0 aliphatic rings. The van der Waals surface area contributed by atoms with Crippen molar-refractivity contribution in [1.29, 1.82) is 0 Å². The monoisotopic (exact) mass is 273 g/mol. The van der Waals surface area contributed by atoms with Crippen molar-refractivity contribution in [3.8, 4) is 0 Å². The molecule has 0 saturated heterocycles. The topological polar surface area (TPSA) is 66.8 Å². The Hall–Kier alpha value is -1.26. The Morgan fingerprint density at radius 2 is 1.79 bits per heavy atom. The SMILES string of the molecule is CCCN(C(=O)OC(C)(C)C)C(CC(C)C)C(=O)O. The average Bonchev–Trinajstić information content (AvgIpc) is 2.19. The Morgan fingerprint density at radius 1 is 1.26 bits per heavy atom. The highest BCUT2D eigenvalue weighted by Gasteiger charge is 2.32. The number of rotatable bonds is 6. The molecule has 1 atom stereocenters. The van der Waals surface area contributed by atoms with Crippen LogP contribution in [0.4, 0.5) is 4.79 Å². The minimum absolute atomic E-state index is 0.197. The molecule has 19 heavy (non-hydrogen) atoms. The number of ether oxygens (including phenoxy) is 1. The van der Waals surface area contributed by atoms with E-state index in [1.165, 1.54) is 4.90 Å². The van der Waals surface area contributed by atoms with Gasteiger partial charge < -0.3 is 9.84 Å². The largest absolute Gasteiger partial charge is 0.480 e. The number of nitrogens with zero attached hydrogens (tertiary/aromatic N) is 1. The molecular formula is C14H27NO4. The van der Waals surface area contributed by atoms with Crippen LogP contribution in [-0.2, 0) is 9.53 Å². The molecule has 0 fully saturated rings. The average molecular weight is 273 g/mol. The minimum Gasteiger partial charge on any atom is -0.480 e. The van der Waals surface area contributed by atoms with E-state index >= 15 is 0 Å². The van der Waals surface area contributed by atoms with Gasteiger partial charge in [0.2, 0.25) is 0 Å². The Morgan fingerprint density at radius 3 is 2.11 bits per heavy atom. The summed E-state index contributed by atoms with van der Waals surface area (Å²) in [6, 6.07) is -0.824. The Balaban J connectivity index is 5.02. The van der Waals surface area contributed by atoms with E-state index in [2.05, 4.69) is 0 Å². The van der Waals surface area contributed by atoms with Crippen LogP contribution < -0.4 is 0 Å². The summed E-state index contributed by atoms with van der Waals surface area (Å²) in [5.41, 5.74) is -0.621. The van der Waals surface area contributed by atoms with Crippen molar-refractivity contribution in [2.24, 2.45) is 5.92 Å². The van der Waals surface area contributed by atoms with Gasteiger partial charge in [-0.3, -0.25) is 4.90 Å². The second kappa shape index (κ2) is 7.36. The van der Waals surface area contributed by atoms with E-state index in [1.54, 1.807) is 20.8 Å². The van der Waals surface area contributed by atoms with Crippen molar-refractivity contribution in [1.82, 2.24) is 4.90 Å². The molecule has 0 saturated carbocycles. The fraction of sp³-hybridized carbons (Fsp3) is 0.857. The van der Waals surface area contributed by atoms with Crippen LogP contribution in [0.5, 0.6) is 0 Å². The first-order valence-corrected chi connectivity index (χ1v) is 6.81. The van der Waals surface area contributed by atoms with Crippen LogP contribution in [0.3, 0.4) is 0 Å². The van der Waals surface area contributed by atoms with Crippen LogP contribution in [0, 0.1) is 5.92 Å². The van der Waals surface area contributed by atoms with Gasteiger partial charge in [-0.05, 0) is 39.5 Å². The van der Waals surface area contributed by atoms with Gasteiger partial charge >= 0.3 is 12.1 Å². The third-order valence-corrected chi connectivity index (χ3v) is 2.45. The van der Waals surface area contributed by atoms with Crippen molar-refractivity contribution in [3.63, 3.8) is 0 Å². The summed E-state index contributed by atoms with van der Waals surface area (Å²) in [6.07, 6.45) is 0.567. The molecule has 0 aromatic rings. The zero-order valence-electron chi connectivity index (χ0n) is 12.9. The minimum atomic E-state index is -0.979. The van der Waals surface area contributed by atoms with Crippen LogP contribution in [0.2, 0.25) is 0 Å². The Bertz CT molecular complexity index is 307. The van der Waals surface area contributed by atoms with Crippen LogP contribution in [0.25, 0.3) is 0 Å². The van der Waals surface area contributed by atoms with Gasteiger partial charge in [0.1, 0.15) is 11.6 Å². The number of hydrogen-bond acceptors (Lipinski definition) is 3. The molecule has 5 nitrogen and oxygen atoms in total. The molecule has 1 N–H and O–H groups in total. The summed E-state index contributed by atoms with van der Waals surface area (Å²) in [5, 5.41) is 9.32. The number of amides is 1. The Kier molecular flexibility index (Phi) is 6.87. The molecular weight excluding hydrogens is 246 g/mol. The predicted octanol–water partition coefficient (Wildman–Crippen LogP) is 3.13. The molecule has 0 radical (unpaired) electrons. The molecule has 0 spiro atoms. The predicted molar refractivity (Wildman–Crippen MR) is 74.1 cm³/mol. The number of aliphatic carboxylic acids is 1. The maximum Gasteiger partial charge on any atom is 0.411 e. The molecule has 0 aliphatic heterocycles.